The molecule has 0 spiro atoms. The van der Waals surface area contributed by atoms with Crippen molar-refractivity contribution in [1.82, 2.24) is 20.5 Å². The highest BCUT2D eigenvalue weighted by Gasteiger charge is 2.07. The van der Waals surface area contributed by atoms with E-state index in [4.69, 9.17) is 4.74 Å². The van der Waals surface area contributed by atoms with Crippen LogP contribution in [0.5, 0.6) is 6.01 Å². The minimum absolute atomic E-state index is 0.113. The molecule has 0 aliphatic carbocycles. The zero-order chi connectivity index (χ0) is 11.3. The first-order valence-electron chi connectivity index (χ1n) is 4.12. The molecule has 1 rings (SSSR count). The largest absolute Gasteiger partial charge is 0.466 e. The van der Waals surface area contributed by atoms with Gasteiger partial charge in [0.1, 0.15) is 0 Å². The Kier molecular flexibility index (Phi) is 3.61. The van der Waals surface area contributed by atoms with Crippen LogP contribution in [-0.4, -0.2) is 40.7 Å². The van der Waals surface area contributed by atoms with Crippen LogP contribution in [0.3, 0.4) is 0 Å². The lowest BCUT2D eigenvalue weighted by atomic mass is 10.5. The number of carbonyl (C=O) groups excluding carboxylic acids is 2. The summed E-state index contributed by atoms with van der Waals surface area (Å²) in [6, 6.07) is 0.129. The Balaban J connectivity index is 2.40. The molecule has 1 aromatic heterocycles. The first kappa shape index (κ1) is 11.0. The summed E-state index contributed by atoms with van der Waals surface area (Å²) in [5, 5.41) is 10.8. The van der Waals surface area contributed by atoms with E-state index >= 15 is 0 Å². The molecule has 1 aromatic rings. The van der Waals surface area contributed by atoms with Gasteiger partial charge in [-0.25, -0.2) is 5.10 Å². The normalized spacial score (nSPS) is 9.47. The van der Waals surface area contributed by atoms with E-state index in [1.807, 2.05) is 0 Å². The zero-order valence-corrected chi connectivity index (χ0v) is 8.33. The van der Waals surface area contributed by atoms with Gasteiger partial charge in [0.05, 0.1) is 13.7 Å². The Morgan fingerprint density at radius 2 is 2.27 bits per heavy atom. The molecule has 0 aliphatic rings. The average Bonchev–Trinajstić information content (AvgIpc) is 2.62. The summed E-state index contributed by atoms with van der Waals surface area (Å²) in [6.45, 7) is 1.21. The molecule has 0 radical (unpaired) electrons. The van der Waals surface area contributed by atoms with Crippen molar-refractivity contribution >= 4 is 17.8 Å². The van der Waals surface area contributed by atoms with Crippen LogP contribution in [-0.2, 0) is 9.59 Å². The number of aromatic amines is 1. The van der Waals surface area contributed by atoms with Gasteiger partial charge in [0, 0.05) is 6.92 Å². The smallest absolute Gasteiger partial charge is 0.336 e. The van der Waals surface area contributed by atoms with E-state index in [9.17, 15) is 9.59 Å². The summed E-state index contributed by atoms with van der Waals surface area (Å²) >= 11 is 0. The first-order valence-corrected chi connectivity index (χ1v) is 4.12. The molecule has 1 heterocycles. The van der Waals surface area contributed by atoms with Gasteiger partial charge in [-0.2, -0.15) is 4.98 Å². The van der Waals surface area contributed by atoms with Crippen molar-refractivity contribution in [2.24, 2.45) is 0 Å². The van der Waals surface area contributed by atoms with Gasteiger partial charge in [-0.15, -0.1) is 5.10 Å². The van der Waals surface area contributed by atoms with Crippen LogP contribution in [0, 0.1) is 0 Å². The van der Waals surface area contributed by atoms with Crippen LogP contribution >= 0.6 is 0 Å². The number of nitrogens with zero attached hydrogens (tertiary/aromatic N) is 2. The number of aromatic nitrogens is 3. The summed E-state index contributed by atoms with van der Waals surface area (Å²) in [5.74, 6) is -0.508. The number of carbonyl (C=O) groups is 2. The predicted octanol–water partition coefficient (Wildman–Crippen LogP) is -1.11. The summed E-state index contributed by atoms with van der Waals surface area (Å²) in [7, 11) is 1.41. The molecule has 8 nitrogen and oxygen atoms in total. The third-order valence-electron chi connectivity index (χ3n) is 1.40. The minimum atomic E-state index is -0.399. The monoisotopic (exact) mass is 213 g/mol. The Hall–Kier alpha value is -2.12. The second-order valence-electron chi connectivity index (χ2n) is 2.63. The van der Waals surface area contributed by atoms with E-state index in [-0.39, 0.29) is 24.4 Å². The Bertz CT molecular complexity index is 361. The molecular weight excluding hydrogens is 202 g/mol. The highest BCUT2D eigenvalue weighted by atomic mass is 16.5. The van der Waals surface area contributed by atoms with Crippen molar-refractivity contribution < 1.29 is 14.3 Å². The molecule has 2 amide bonds. The lowest BCUT2D eigenvalue weighted by molar-refractivity contribution is -0.122. The number of hydrogen-bond donors (Lipinski definition) is 3. The maximum atomic E-state index is 11.2. The highest BCUT2D eigenvalue weighted by molar-refractivity contribution is 5.92. The van der Waals surface area contributed by atoms with Gasteiger partial charge in [0.15, 0.2) is 0 Å². The van der Waals surface area contributed by atoms with Crippen molar-refractivity contribution in [1.29, 1.82) is 0 Å². The standard InChI is InChI=1S/C7H11N5O3/c1-4(13)8-3-5(14)9-6-10-7(15-2)12-11-6/h3H2,1-2H3,(H,8,13)(H2,9,10,11,12,14). The van der Waals surface area contributed by atoms with Gasteiger partial charge in [-0.3, -0.25) is 14.9 Å². The van der Waals surface area contributed by atoms with Crippen LogP contribution in [0.15, 0.2) is 0 Å². The zero-order valence-electron chi connectivity index (χ0n) is 8.33. The molecule has 0 saturated heterocycles. The predicted molar refractivity (Wildman–Crippen MR) is 50.2 cm³/mol. The summed E-state index contributed by atoms with van der Waals surface area (Å²) in [4.78, 5) is 25.4. The second-order valence-corrected chi connectivity index (χ2v) is 2.63. The number of rotatable bonds is 4. The lowest BCUT2D eigenvalue weighted by Crippen LogP contribution is -2.31. The number of ether oxygens (including phenoxy) is 1. The highest BCUT2D eigenvalue weighted by Crippen LogP contribution is 2.03. The van der Waals surface area contributed by atoms with E-state index in [1.54, 1.807) is 0 Å². The molecule has 15 heavy (non-hydrogen) atoms. The Morgan fingerprint density at radius 1 is 1.53 bits per heavy atom. The van der Waals surface area contributed by atoms with Crippen molar-refractivity contribution in [2.75, 3.05) is 19.0 Å². The van der Waals surface area contributed by atoms with E-state index in [0.717, 1.165) is 0 Å². The van der Waals surface area contributed by atoms with Crippen LogP contribution in [0.2, 0.25) is 0 Å². The van der Waals surface area contributed by atoms with Crippen LogP contribution in [0.25, 0.3) is 0 Å². The molecule has 3 N–H and O–H groups in total. The van der Waals surface area contributed by atoms with E-state index in [0.29, 0.717) is 0 Å². The average molecular weight is 213 g/mol. The number of anilines is 1. The second kappa shape index (κ2) is 4.94. The maximum absolute atomic E-state index is 11.2. The fourth-order valence-corrected chi connectivity index (χ4v) is 0.775. The molecular formula is C7H11N5O3. The molecule has 0 fully saturated rings. The maximum Gasteiger partial charge on any atom is 0.336 e. The fraction of sp³-hybridized carbons (Fsp3) is 0.429. The molecule has 0 bridgehead atoms. The third kappa shape index (κ3) is 3.63. The molecule has 0 aromatic carbocycles. The number of hydrogen-bond acceptors (Lipinski definition) is 5. The van der Waals surface area contributed by atoms with Crippen molar-refractivity contribution in [3.05, 3.63) is 0 Å². The molecule has 8 heteroatoms. The molecule has 0 atom stereocenters. The SMILES string of the molecule is COc1n[nH]c(NC(=O)CNC(C)=O)n1. The Morgan fingerprint density at radius 3 is 2.80 bits per heavy atom. The number of H-pyrrole nitrogens is 1. The summed E-state index contributed by atoms with van der Waals surface area (Å²) < 4.78 is 4.70. The molecule has 0 unspecified atom stereocenters. The number of amides is 2. The summed E-state index contributed by atoms with van der Waals surface area (Å²) in [5.41, 5.74) is 0. The van der Waals surface area contributed by atoms with Crippen molar-refractivity contribution in [3.8, 4) is 6.01 Å². The quantitative estimate of drug-likeness (QED) is 0.587. The molecule has 0 saturated carbocycles. The van der Waals surface area contributed by atoms with Gasteiger partial charge in [0.25, 0.3) is 0 Å². The van der Waals surface area contributed by atoms with Crippen molar-refractivity contribution in [2.45, 2.75) is 6.92 Å². The third-order valence-corrected chi connectivity index (χ3v) is 1.40. The number of nitrogens with one attached hydrogen (secondary N) is 3. The van der Waals surface area contributed by atoms with Crippen LogP contribution < -0.4 is 15.4 Å². The van der Waals surface area contributed by atoms with Gasteiger partial charge in [0.2, 0.25) is 17.8 Å². The van der Waals surface area contributed by atoms with Gasteiger partial charge >= 0.3 is 6.01 Å². The van der Waals surface area contributed by atoms with Crippen LogP contribution in [0.4, 0.5) is 5.95 Å². The molecule has 0 aliphatic heterocycles. The van der Waals surface area contributed by atoms with E-state index < -0.39 is 5.91 Å². The van der Waals surface area contributed by atoms with Gasteiger partial charge < -0.3 is 10.1 Å². The minimum Gasteiger partial charge on any atom is -0.466 e. The van der Waals surface area contributed by atoms with Gasteiger partial charge in [-0.1, -0.05) is 0 Å². The molecule has 82 valence electrons. The van der Waals surface area contributed by atoms with E-state index in [1.165, 1.54) is 14.0 Å². The topological polar surface area (TPSA) is 109 Å². The van der Waals surface area contributed by atoms with Gasteiger partial charge in [-0.05, 0) is 0 Å². The first-order chi connectivity index (χ1) is 7.11. The fourth-order valence-electron chi connectivity index (χ4n) is 0.775. The lowest BCUT2D eigenvalue weighted by Gasteiger charge is -2.00. The Labute approximate surface area is 85.4 Å². The van der Waals surface area contributed by atoms with Crippen molar-refractivity contribution in [3.63, 3.8) is 0 Å². The van der Waals surface area contributed by atoms with Crippen LogP contribution in [0.1, 0.15) is 6.92 Å². The number of methoxy groups -OCH3 is 1. The van der Waals surface area contributed by atoms with E-state index in [2.05, 4.69) is 25.8 Å². The summed E-state index contributed by atoms with van der Waals surface area (Å²) in [6.07, 6.45) is 0.